The highest BCUT2D eigenvalue weighted by molar-refractivity contribution is 9.10. The molecule has 1 rings (SSSR count). The van der Waals surface area contributed by atoms with Crippen LogP contribution in [0.2, 0.25) is 0 Å². The molecule has 0 aromatic heterocycles. The first-order valence-corrected chi connectivity index (χ1v) is 5.71. The predicted molar refractivity (Wildman–Crippen MR) is 61.7 cm³/mol. The summed E-state index contributed by atoms with van der Waals surface area (Å²) in [6, 6.07) is 5.62. The van der Waals surface area contributed by atoms with E-state index in [4.69, 9.17) is 0 Å². The summed E-state index contributed by atoms with van der Waals surface area (Å²) in [4.78, 5) is 11.7. The Bertz CT molecular complexity index is 406. The van der Waals surface area contributed by atoms with Gasteiger partial charge in [0.15, 0.2) is 0 Å². The highest BCUT2D eigenvalue weighted by atomic mass is 79.9. The van der Waals surface area contributed by atoms with Crippen LogP contribution >= 0.6 is 15.9 Å². The van der Waals surface area contributed by atoms with Crippen LogP contribution in [0.5, 0.6) is 0 Å². The Hall–Kier alpha value is -1.04. The number of halogens is 4. The van der Waals surface area contributed by atoms with Crippen LogP contribution in [0.1, 0.15) is 23.7 Å². The second-order valence-electron chi connectivity index (χ2n) is 3.67. The Morgan fingerprint density at radius 3 is 2.53 bits per heavy atom. The van der Waals surface area contributed by atoms with Crippen LogP contribution in [0.25, 0.3) is 0 Å². The maximum absolute atomic E-state index is 12.1. The number of hydrogen-bond donors (Lipinski definition) is 1. The highest BCUT2D eigenvalue weighted by Gasteiger charge is 2.30. The summed E-state index contributed by atoms with van der Waals surface area (Å²) in [5, 5.41) is 2.30. The molecule has 0 aliphatic carbocycles. The molecule has 1 N–H and O–H groups in total. The summed E-state index contributed by atoms with van der Waals surface area (Å²) in [7, 11) is 0. The third-order valence-electron chi connectivity index (χ3n) is 2.03. The molecule has 0 radical (unpaired) electrons. The third-order valence-corrected chi connectivity index (χ3v) is 2.73. The largest absolute Gasteiger partial charge is 0.391 e. The fourth-order valence-corrected chi connectivity index (χ4v) is 1.81. The lowest BCUT2D eigenvalue weighted by Gasteiger charge is -2.16. The smallest absolute Gasteiger partial charge is 0.349 e. The molecule has 0 saturated heterocycles. The molecule has 2 nitrogen and oxygen atoms in total. The summed E-state index contributed by atoms with van der Waals surface area (Å²) in [6.07, 6.45) is -5.32. The van der Waals surface area contributed by atoms with E-state index in [1.54, 1.807) is 24.3 Å². The fraction of sp³-hybridized carbons (Fsp3) is 0.364. The molecule has 6 heteroatoms. The predicted octanol–water partition coefficient (Wildman–Crippen LogP) is 3.52. The zero-order chi connectivity index (χ0) is 13.1. The molecule has 0 bridgehead atoms. The van der Waals surface area contributed by atoms with Gasteiger partial charge >= 0.3 is 6.18 Å². The first kappa shape index (κ1) is 14.0. The monoisotopic (exact) mass is 309 g/mol. The fourth-order valence-electron chi connectivity index (χ4n) is 1.35. The van der Waals surface area contributed by atoms with Crippen LogP contribution in [0.3, 0.4) is 0 Å². The minimum atomic E-state index is -4.28. The van der Waals surface area contributed by atoms with Crippen molar-refractivity contribution in [2.45, 2.75) is 25.6 Å². The molecular weight excluding hydrogens is 299 g/mol. The van der Waals surface area contributed by atoms with E-state index in [1.807, 2.05) is 0 Å². The Morgan fingerprint density at radius 1 is 1.41 bits per heavy atom. The first-order chi connectivity index (χ1) is 7.79. The molecule has 1 aromatic rings. The number of carbonyl (C=O) groups is 1. The Morgan fingerprint density at radius 2 is 2.00 bits per heavy atom. The third kappa shape index (κ3) is 4.77. The molecule has 1 unspecified atom stereocenters. The second-order valence-corrected chi connectivity index (χ2v) is 4.53. The van der Waals surface area contributed by atoms with E-state index >= 15 is 0 Å². The molecule has 1 amide bonds. The number of alkyl halides is 3. The van der Waals surface area contributed by atoms with Gasteiger partial charge < -0.3 is 5.32 Å². The molecule has 0 aliphatic rings. The van der Waals surface area contributed by atoms with Crippen molar-refractivity contribution >= 4 is 21.8 Å². The van der Waals surface area contributed by atoms with Crippen molar-refractivity contribution < 1.29 is 18.0 Å². The van der Waals surface area contributed by atoms with Crippen molar-refractivity contribution in [1.82, 2.24) is 5.32 Å². The van der Waals surface area contributed by atoms with Gasteiger partial charge in [0.25, 0.3) is 5.91 Å². The van der Waals surface area contributed by atoms with Gasteiger partial charge in [-0.3, -0.25) is 4.79 Å². The van der Waals surface area contributed by atoms with Crippen LogP contribution < -0.4 is 5.32 Å². The summed E-state index contributed by atoms with van der Waals surface area (Å²) in [5.74, 6) is -0.519. The average Bonchev–Trinajstić information content (AvgIpc) is 2.14. The van der Waals surface area contributed by atoms with E-state index in [9.17, 15) is 18.0 Å². The standard InChI is InChI=1S/C11H11BrF3NO/c1-7(6-11(13,14)15)16-10(17)8-4-2-3-5-9(8)12/h2-5,7H,6H2,1H3,(H,16,17). The van der Waals surface area contributed by atoms with Crippen molar-refractivity contribution in [3.05, 3.63) is 34.3 Å². The Kier molecular flexibility index (Phi) is 4.56. The van der Waals surface area contributed by atoms with Gasteiger partial charge in [-0.2, -0.15) is 13.2 Å². The maximum Gasteiger partial charge on any atom is 0.391 e. The molecule has 0 saturated carbocycles. The van der Waals surface area contributed by atoms with Crippen molar-refractivity contribution in [2.24, 2.45) is 0 Å². The van der Waals surface area contributed by atoms with Gasteiger partial charge in [0.2, 0.25) is 0 Å². The maximum atomic E-state index is 12.1. The lowest BCUT2D eigenvalue weighted by atomic mass is 10.2. The molecule has 94 valence electrons. The van der Waals surface area contributed by atoms with E-state index in [1.165, 1.54) is 6.92 Å². The van der Waals surface area contributed by atoms with Crippen molar-refractivity contribution in [1.29, 1.82) is 0 Å². The number of amides is 1. The summed E-state index contributed by atoms with van der Waals surface area (Å²) < 4.78 is 36.8. The minimum Gasteiger partial charge on any atom is -0.349 e. The average molecular weight is 310 g/mol. The molecule has 0 heterocycles. The van der Waals surface area contributed by atoms with Gasteiger partial charge in [0.05, 0.1) is 12.0 Å². The number of nitrogens with one attached hydrogen (secondary N) is 1. The van der Waals surface area contributed by atoms with Crippen LogP contribution in [0.15, 0.2) is 28.7 Å². The summed E-state index contributed by atoms with van der Waals surface area (Å²) >= 11 is 3.17. The summed E-state index contributed by atoms with van der Waals surface area (Å²) in [6.45, 7) is 1.32. The van der Waals surface area contributed by atoms with Gasteiger partial charge in [-0.15, -0.1) is 0 Å². The van der Waals surface area contributed by atoms with Crippen LogP contribution in [-0.2, 0) is 0 Å². The quantitative estimate of drug-likeness (QED) is 0.909. The molecular formula is C11H11BrF3NO. The Balaban J connectivity index is 2.64. The SMILES string of the molecule is CC(CC(F)(F)F)NC(=O)c1ccccc1Br. The van der Waals surface area contributed by atoms with E-state index in [2.05, 4.69) is 21.2 Å². The van der Waals surface area contributed by atoms with Gasteiger partial charge in [0.1, 0.15) is 0 Å². The number of carbonyl (C=O) groups excluding carboxylic acids is 1. The second kappa shape index (κ2) is 5.53. The number of rotatable bonds is 3. The topological polar surface area (TPSA) is 29.1 Å². The number of benzene rings is 1. The van der Waals surface area contributed by atoms with Crippen LogP contribution in [0, 0.1) is 0 Å². The minimum absolute atomic E-state index is 0.321. The van der Waals surface area contributed by atoms with Crippen molar-refractivity contribution in [3.8, 4) is 0 Å². The molecule has 0 aliphatic heterocycles. The zero-order valence-electron chi connectivity index (χ0n) is 9.01. The first-order valence-electron chi connectivity index (χ1n) is 4.92. The highest BCUT2D eigenvalue weighted by Crippen LogP contribution is 2.22. The van der Waals surface area contributed by atoms with Crippen LogP contribution in [-0.4, -0.2) is 18.1 Å². The van der Waals surface area contributed by atoms with Crippen LogP contribution in [0.4, 0.5) is 13.2 Å². The Labute approximate surface area is 105 Å². The van der Waals surface area contributed by atoms with E-state index < -0.39 is 24.5 Å². The lowest BCUT2D eigenvalue weighted by Crippen LogP contribution is -2.36. The molecule has 0 spiro atoms. The van der Waals surface area contributed by atoms with Gasteiger partial charge in [-0.1, -0.05) is 12.1 Å². The van der Waals surface area contributed by atoms with Gasteiger partial charge in [-0.05, 0) is 35.0 Å². The van der Waals surface area contributed by atoms with E-state index in [0.29, 0.717) is 10.0 Å². The molecule has 0 fully saturated rings. The molecule has 1 aromatic carbocycles. The normalized spacial score (nSPS) is 13.2. The zero-order valence-corrected chi connectivity index (χ0v) is 10.6. The van der Waals surface area contributed by atoms with E-state index in [-0.39, 0.29) is 0 Å². The van der Waals surface area contributed by atoms with Crippen molar-refractivity contribution in [3.63, 3.8) is 0 Å². The van der Waals surface area contributed by atoms with Gasteiger partial charge in [0, 0.05) is 10.5 Å². The lowest BCUT2D eigenvalue weighted by molar-refractivity contribution is -0.138. The molecule has 17 heavy (non-hydrogen) atoms. The summed E-state index contributed by atoms with van der Waals surface area (Å²) in [5.41, 5.74) is 0.321. The molecule has 1 atom stereocenters. The van der Waals surface area contributed by atoms with Crippen molar-refractivity contribution in [2.75, 3.05) is 0 Å². The van der Waals surface area contributed by atoms with E-state index in [0.717, 1.165) is 0 Å². The van der Waals surface area contributed by atoms with Gasteiger partial charge in [-0.25, -0.2) is 0 Å². The number of hydrogen-bond acceptors (Lipinski definition) is 1.